The quantitative estimate of drug-likeness (QED) is 0.480. The third-order valence-corrected chi connectivity index (χ3v) is 11.5. The summed E-state index contributed by atoms with van der Waals surface area (Å²) in [5, 5.41) is 12.3. The number of ketones is 1. The van der Waals surface area contributed by atoms with Crippen LogP contribution in [0.3, 0.4) is 0 Å². The Morgan fingerprint density at radius 3 is 2.56 bits per heavy atom. The fourth-order valence-electron chi connectivity index (χ4n) is 8.26. The molecule has 41 heavy (non-hydrogen) atoms. The fraction of sp³-hybridized carbons (Fsp3) is 0.441. The lowest BCUT2D eigenvalue weighted by molar-refractivity contribution is -0.114. The second-order valence-corrected chi connectivity index (χ2v) is 14.6. The van der Waals surface area contributed by atoms with E-state index in [1.807, 2.05) is 12.1 Å². The molecule has 2 aromatic rings. The van der Waals surface area contributed by atoms with Crippen LogP contribution >= 0.6 is 0 Å². The second-order valence-electron chi connectivity index (χ2n) is 12.6. The average molecular weight is 571 g/mol. The van der Waals surface area contributed by atoms with Crippen LogP contribution in [0.5, 0.6) is 11.5 Å². The Labute approximate surface area is 241 Å². The molecule has 1 N–H and O–H groups in total. The number of ether oxygens (including phenoxy) is 2. The van der Waals surface area contributed by atoms with Crippen molar-refractivity contribution >= 4 is 15.6 Å². The van der Waals surface area contributed by atoms with E-state index < -0.39 is 20.9 Å². The van der Waals surface area contributed by atoms with E-state index >= 15 is 0 Å². The van der Waals surface area contributed by atoms with E-state index in [1.54, 1.807) is 24.3 Å². The molecule has 212 valence electrons. The van der Waals surface area contributed by atoms with Crippen molar-refractivity contribution in [3.63, 3.8) is 0 Å². The minimum absolute atomic E-state index is 0.0723. The molecule has 0 radical (unpaired) electrons. The summed E-state index contributed by atoms with van der Waals surface area (Å²) in [6, 6.07) is 12.8. The van der Waals surface area contributed by atoms with E-state index in [0.717, 1.165) is 49.2 Å². The van der Waals surface area contributed by atoms with E-state index in [-0.39, 0.29) is 29.3 Å². The molecule has 0 saturated heterocycles. The van der Waals surface area contributed by atoms with Gasteiger partial charge in [-0.15, -0.1) is 0 Å². The van der Waals surface area contributed by atoms with Gasteiger partial charge in [0.05, 0.1) is 4.90 Å². The van der Waals surface area contributed by atoms with Gasteiger partial charge >= 0.3 is 0 Å². The molecular formula is C34H34O6S. The fourth-order valence-corrected chi connectivity index (χ4v) is 8.89. The highest BCUT2D eigenvalue weighted by Crippen LogP contribution is 2.66. The van der Waals surface area contributed by atoms with Crippen LogP contribution in [0.2, 0.25) is 0 Å². The molecule has 4 aliphatic carbocycles. The largest absolute Gasteiger partial charge is 0.454 e. The summed E-state index contributed by atoms with van der Waals surface area (Å²) < 4.78 is 35.1. The van der Waals surface area contributed by atoms with Crippen LogP contribution in [0.4, 0.5) is 0 Å². The Morgan fingerprint density at radius 2 is 1.78 bits per heavy atom. The van der Waals surface area contributed by atoms with Gasteiger partial charge in [-0.1, -0.05) is 30.4 Å². The molecule has 0 spiro atoms. The molecule has 6 nitrogen and oxygen atoms in total. The zero-order valence-corrected chi connectivity index (χ0v) is 24.2. The lowest BCUT2D eigenvalue weighted by Crippen LogP contribution is -2.51. The van der Waals surface area contributed by atoms with Crippen molar-refractivity contribution < 1.29 is 27.8 Å². The molecule has 0 aromatic heterocycles. The first-order valence-corrected chi connectivity index (χ1v) is 16.4. The summed E-state index contributed by atoms with van der Waals surface area (Å²) in [5.41, 5.74) is 4.21. The molecule has 0 amide bonds. The first-order chi connectivity index (χ1) is 19.6. The first-order valence-electron chi connectivity index (χ1n) is 14.5. The third kappa shape index (κ3) is 4.26. The molecule has 7 heteroatoms. The Balaban J connectivity index is 1.31. The zero-order valence-electron chi connectivity index (χ0n) is 23.4. The van der Waals surface area contributed by atoms with Gasteiger partial charge in [0.1, 0.15) is 5.60 Å². The van der Waals surface area contributed by atoms with Gasteiger partial charge in [-0.05, 0) is 110 Å². The SMILES string of the molecule is C[C@]12C[C@H](c3ccc4c(c3)OCO4)C3=C4CCC(=O)C=C4CC[C@H]3[C@@H]1CC[C@@]2(O)C#Cc1ccc(S(C)(=O)=O)cc1. The summed E-state index contributed by atoms with van der Waals surface area (Å²) in [7, 11) is -3.29. The van der Waals surface area contributed by atoms with Gasteiger partial charge in [-0.2, -0.15) is 0 Å². The van der Waals surface area contributed by atoms with Crippen LogP contribution in [-0.2, 0) is 14.6 Å². The van der Waals surface area contributed by atoms with Crippen molar-refractivity contribution in [3.8, 4) is 23.3 Å². The van der Waals surface area contributed by atoms with E-state index in [2.05, 4.69) is 30.9 Å². The molecule has 2 fully saturated rings. The van der Waals surface area contributed by atoms with E-state index in [4.69, 9.17) is 9.47 Å². The lowest BCUT2D eigenvalue weighted by Gasteiger charge is -2.53. The number of carbonyl (C=O) groups is 1. The summed E-state index contributed by atoms with van der Waals surface area (Å²) in [5.74, 6) is 8.86. The normalized spacial score (nSPS) is 31.9. The predicted octanol–water partition coefficient (Wildman–Crippen LogP) is 5.50. The van der Waals surface area contributed by atoms with Gasteiger partial charge in [0.2, 0.25) is 6.79 Å². The third-order valence-electron chi connectivity index (χ3n) is 10.4. The van der Waals surface area contributed by atoms with E-state index in [0.29, 0.717) is 24.3 Å². The number of hydrogen-bond acceptors (Lipinski definition) is 6. The number of benzene rings is 2. The molecular weight excluding hydrogens is 536 g/mol. The van der Waals surface area contributed by atoms with Crippen LogP contribution < -0.4 is 9.47 Å². The topological polar surface area (TPSA) is 89.9 Å². The number of hydrogen-bond donors (Lipinski definition) is 1. The minimum atomic E-state index is -3.29. The van der Waals surface area contributed by atoms with Crippen molar-refractivity contribution in [2.75, 3.05) is 13.0 Å². The number of carbonyl (C=O) groups excluding carboxylic acids is 1. The van der Waals surface area contributed by atoms with Crippen LogP contribution in [0.1, 0.15) is 68.9 Å². The maximum Gasteiger partial charge on any atom is 0.231 e. The Bertz CT molecular complexity index is 1690. The highest BCUT2D eigenvalue weighted by atomic mass is 32.2. The number of aliphatic hydroxyl groups is 1. The van der Waals surface area contributed by atoms with Crippen LogP contribution in [0, 0.1) is 29.1 Å². The summed E-state index contributed by atoms with van der Waals surface area (Å²) >= 11 is 0. The Kier molecular flexibility index (Phi) is 6.05. The Hall–Kier alpha value is -3.34. The maximum atomic E-state index is 12.3. The second kappa shape index (κ2) is 9.34. The van der Waals surface area contributed by atoms with E-state index in [9.17, 15) is 18.3 Å². The molecule has 2 aromatic carbocycles. The van der Waals surface area contributed by atoms with Crippen molar-refractivity contribution in [2.45, 2.75) is 68.3 Å². The summed E-state index contributed by atoms with van der Waals surface area (Å²) in [4.78, 5) is 12.6. The summed E-state index contributed by atoms with van der Waals surface area (Å²) in [6.07, 6.45) is 8.49. The van der Waals surface area contributed by atoms with Gasteiger partial charge in [0.25, 0.3) is 0 Å². The van der Waals surface area contributed by atoms with Gasteiger partial charge in [-0.25, -0.2) is 8.42 Å². The predicted molar refractivity (Wildman–Crippen MR) is 154 cm³/mol. The van der Waals surface area contributed by atoms with Crippen molar-refractivity contribution in [3.05, 3.63) is 76.4 Å². The standard InChI is InChI=1S/C34H34O6S/c1-33-19-28(23-6-12-30-31(18-23)40-20-39-30)32-26-11-7-24(35)17-22(26)5-10-27(32)29(33)14-16-34(33,36)15-13-21-3-8-25(9-4-21)41(2,37)38/h3-4,6,8-9,12,17-18,27-29,36H,5,7,10-11,14,16,19-20H2,1-2H3/t27-,28+,29-,33-,34-/m0/s1. The van der Waals surface area contributed by atoms with Crippen molar-refractivity contribution in [1.29, 1.82) is 0 Å². The molecule has 0 unspecified atom stereocenters. The van der Waals surface area contributed by atoms with Gasteiger partial charge < -0.3 is 14.6 Å². The number of fused-ring (bicyclic) bond motifs is 5. The highest BCUT2D eigenvalue weighted by molar-refractivity contribution is 7.90. The van der Waals surface area contributed by atoms with Gasteiger partial charge in [0.15, 0.2) is 27.1 Å². The molecule has 5 aliphatic rings. The van der Waals surface area contributed by atoms with Gasteiger partial charge in [-0.3, -0.25) is 4.79 Å². The molecule has 1 aliphatic heterocycles. The molecule has 5 atom stereocenters. The molecule has 1 heterocycles. The smallest absolute Gasteiger partial charge is 0.231 e. The van der Waals surface area contributed by atoms with Gasteiger partial charge in [0, 0.05) is 29.6 Å². The molecule has 0 bridgehead atoms. The number of sulfone groups is 1. The highest BCUT2D eigenvalue weighted by Gasteiger charge is 2.62. The minimum Gasteiger partial charge on any atom is -0.454 e. The van der Waals surface area contributed by atoms with Crippen LogP contribution in [0.25, 0.3) is 0 Å². The van der Waals surface area contributed by atoms with Crippen LogP contribution in [-0.4, -0.2) is 38.0 Å². The zero-order chi connectivity index (χ0) is 28.6. The first kappa shape index (κ1) is 26.6. The lowest BCUT2D eigenvalue weighted by atomic mass is 9.51. The number of rotatable bonds is 2. The Morgan fingerprint density at radius 1 is 1.00 bits per heavy atom. The van der Waals surface area contributed by atoms with Crippen molar-refractivity contribution in [2.24, 2.45) is 17.3 Å². The number of allylic oxidation sites excluding steroid dienone is 4. The van der Waals surface area contributed by atoms with Crippen LogP contribution in [0.15, 0.2) is 70.2 Å². The monoisotopic (exact) mass is 570 g/mol. The molecule has 2 saturated carbocycles. The summed E-state index contributed by atoms with van der Waals surface area (Å²) in [6.45, 7) is 2.43. The van der Waals surface area contributed by atoms with Crippen molar-refractivity contribution in [1.82, 2.24) is 0 Å². The van der Waals surface area contributed by atoms with E-state index in [1.165, 1.54) is 23.0 Å². The maximum absolute atomic E-state index is 12.3. The average Bonchev–Trinajstić information content (AvgIpc) is 3.52. The molecule has 7 rings (SSSR count).